The molecule has 2 aromatic carbocycles. The molecule has 5 N–H and O–H groups in total. The molecule has 1 aliphatic rings. The average Bonchev–Trinajstić information content (AvgIpc) is 3.02. The first kappa shape index (κ1) is 20.8. The van der Waals surface area contributed by atoms with Crippen LogP contribution in [0.25, 0.3) is 0 Å². The standard InChI is InChI=1S/C21H26ClN3O3/c22-16-8-6-15(7-9-16)14-24-18-5-2-1-4-17(18)21(23)28-13-3-12-25-19(26)10-11-20(25)27/h1-2,4-9,19-20,23-24,26-27H,3,10-14H2/p+1/t19-,20-/m0/s1. The zero-order chi connectivity index (χ0) is 19.9. The highest BCUT2D eigenvalue weighted by atomic mass is 35.5. The van der Waals surface area contributed by atoms with Crippen molar-refractivity contribution in [2.24, 2.45) is 0 Å². The van der Waals surface area contributed by atoms with Crippen molar-refractivity contribution < 1.29 is 20.3 Å². The molecule has 1 heterocycles. The molecule has 0 bridgehead atoms. The van der Waals surface area contributed by atoms with Crippen LogP contribution in [0.2, 0.25) is 5.02 Å². The summed E-state index contributed by atoms with van der Waals surface area (Å²) in [5.41, 5.74) is 2.85. The van der Waals surface area contributed by atoms with E-state index in [1.807, 2.05) is 48.5 Å². The molecule has 28 heavy (non-hydrogen) atoms. The largest absolute Gasteiger partial charge is 0.477 e. The van der Waals surface area contributed by atoms with Crippen LogP contribution in [0.3, 0.4) is 0 Å². The summed E-state index contributed by atoms with van der Waals surface area (Å²) in [5, 5.41) is 30.7. The molecule has 2 atom stereocenters. The first-order chi connectivity index (χ1) is 13.5. The molecule has 0 radical (unpaired) electrons. The average molecular weight is 405 g/mol. The number of likely N-dealkylation sites (tertiary alicyclic amines) is 1. The predicted molar refractivity (Wildman–Crippen MR) is 109 cm³/mol. The predicted octanol–water partition coefficient (Wildman–Crippen LogP) is 2.20. The molecule has 0 aliphatic carbocycles. The highest BCUT2D eigenvalue weighted by Crippen LogP contribution is 2.20. The molecule has 6 nitrogen and oxygen atoms in total. The lowest BCUT2D eigenvalue weighted by Gasteiger charge is -2.23. The van der Waals surface area contributed by atoms with Crippen LogP contribution in [0.15, 0.2) is 48.5 Å². The number of nitrogens with one attached hydrogen (secondary N) is 1. The van der Waals surface area contributed by atoms with Crippen molar-refractivity contribution in [3.8, 4) is 0 Å². The van der Waals surface area contributed by atoms with Gasteiger partial charge in [-0.3, -0.25) is 10.3 Å². The van der Waals surface area contributed by atoms with Crippen LogP contribution in [-0.4, -0.2) is 46.6 Å². The number of ether oxygens (including phenoxy) is 1. The third-order valence-corrected chi connectivity index (χ3v) is 5.18. The van der Waals surface area contributed by atoms with Crippen LogP contribution >= 0.6 is 11.6 Å². The highest BCUT2D eigenvalue weighted by molar-refractivity contribution is 6.30. The van der Waals surface area contributed by atoms with E-state index < -0.39 is 12.5 Å². The third kappa shape index (κ3) is 5.53. The molecule has 1 fully saturated rings. The second-order valence-electron chi connectivity index (χ2n) is 6.93. The third-order valence-electron chi connectivity index (χ3n) is 4.93. The lowest BCUT2D eigenvalue weighted by Crippen LogP contribution is -2.76. The number of nitrogens with two attached hydrogens (primary N) is 1. The zero-order valence-electron chi connectivity index (χ0n) is 15.7. The van der Waals surface area contributed by atoms with E-state index in [0.717, 1.165) is 23.4 Å². The Morgan fingerprint density at radius 3 is 2.50 bits per heavy atom. The van der Waals surface area contributed by atoms with Crippen LogP contribution in [0.4, 0.5) is 5.69 Å². The number of rotatable bonds is 8. The van der Waals surface area contributed by atoms with E-state index in [1.165, 1.54) is 0 Å². The molecule has 3 rings (SSSR count). The molecule has 150 valence electrons. The first-order valence-electron chi connectivity index (χ1n) is 9.55. The Bertz CT molecular complexity index is 775. The van der Waals surface area contributed by atoms with E-state index in [-0.39, 0.29) is 5.90 Å². The molecular formula is C21H27ClN3O3+. The summed E-state index contributed by atoms with van der Waals surface area (Å²) in [4.78, 5) is 1.67. The minimum atomic E-state index is -0.586. The van der Waals surface area contributed by atoms with E-state index in [1.54, 1.807) is 4.90 Å². The van der Waals surface area contributed by atoms with E-state index in [9.17, 15) is 10.2 Å². The first-order valence-corrected chi connectivity index (χ1v) is 9.92. The summed E-state index contributed by atoms with van der Waals surface area (Å²) in [6.07, 6.45) is 0.645. The molecule has 7 heteroatoms. The van der Waals surface area contributed by atoms with Gasteiger partial charge in [-0.25, -0.2) is 0 Å². The molecule has 0 amide bonds. The van der Waals surface area contributed by atoms with E-state index in [2.05, 4.69) is 5.32 Å². The molecule has 1 aliphatic heterocycles. The molecular weight excluding hydrogens is 378 g/mol. The normalized spacial score (nSPS) is 19.7. The monoisotopic (exact) mass is 404 g/mol. The molecule has 0 aromatic heterocycles. The fraction of sp³-hybridized carbons (Fsp3) is 0.381. The van der Waals surface area contributed by atoms with Gasteiger partial charge in [0.15, 0.2) is 0 Å². The summed E-state index contributed by atoms with van der Waals surface area (Å²) < 4.78 is 5.62. The van der Waals surface area contributed by atoms with Gasteiger partial charge in [0.1, 0.15) is 24.7 Å². The zero-order valence-corrected chi connectivity index (χ0v) is 16.5. The molecule has 0 saturated carbocycles. The van der Waals surface area contributed by atoms with E-state index in [0.29, 0.717) is 37.4 Å². The Hall–Kier alpha value is -1.96. The van der Waals surface area contributed by atoms with Crippen molar-refractivity contribution >= 4 is 23.2 Å². The van der Waals surface area contributed by atoms with Gasteiger partial charge in [0.05, 0.1) is 12.2 Å². The molecule has 2 aromatic rings. The Labute approximate surface area is 170 Å². The summed E-state index contributed by atoms with van der Waals surface area (Å²) in [6.45, 7) is 1.65. The lowest BCUT2D eigenvalue weighted by atomic mass is 10.1. The number of benzene rings is 2. The SMILES string of the molecule is N=C(OCCCN1[C@@H](O)CC[C@@H]1O)c1ccccc1[NH2+]Cc1ccc(Cl)cc1. The van der Waals surface area contributed by atoms with Crippen LogP contribution in [-0.2, 0) is 11.3 Å². The highest BCUT2D eigenvalue weighted by Gasteiger charge is 2.29. The number of hydrogen-bond acceptors (Lipinski definition) is 5. The number of nitrogens with zero attached hydrogens (tertiary/aromatic N) is 1. The van der Waals surface area contributed by atoms with Gasteiger partial charge in [0.2, 0.25) is 5.90 Å². The number of para-hydroxylation sites is 1. The van der Waals surface area contributed by atoms with Crippen LogP contribution in [0, 0.1) is 5.41 Å². The smallest absolute Gasteiger partial charge is 0.219 e. The topological polar surface area (TPSA) is 93.4 Å². The van der Waals surface area contributed by atoms with Gasteiger partial charge in [-0.1, -0.05) is 35.9 Å². The maximum Gasteiger partial charge on any atom is 0.219 e. The fourth-order valence-electron chi connectivity index (χ4n) is 3.36. The molecule has 0 unspecified atom stereocenters. The van der Waals surface area contributed by atoms with E-state index in [4.69, 9.17) is 21.7 Å². The van der Waals surface area contributed by atoms with Crippen molar-refractivity contribution in [2.45, 2.75) is 38.3 Å². The summed E-state index contributed by atoms with van der Waals surface area (Å²) in [6, 6.07) is 15.4. The quantitative estimate of drug-likeness (QED) is 0.235. The minimum absolute atomic E-state index is 0.130. The maximum absolute atomic E-state index is 9.82. The van der Waals surface area contributed by atoms with Gasteiger partial charge < -0.3 is 20.3 Å². The molecule has 1 saturated heterocycles. The fourth-order valence-corrected chi connectivity index (χ4v) is 3.48. The van der Waals surface area contributed by atoms with Crippen molar-refractivity contribution in [1.82, 2.24) is 4.90 Å². The number of aliphatic hydroxyl groups is 2. The Morgan fingerprint density at radius 1 is 1.11 bits per heavy atom. The lowest BCUT2D eigenvalue weighted by molar-refractivity contribution is -0.588. The van der Waals surface area contributed by atoms with Crippen molar-refractivity contribution in [1.29, 1.82) is 5.41 Å². The van der Waals surface area contributed by atoms with Gasteiger partial charge in [0, 0.05) is 17.1 Å². The Balaban J connectivity index is 1.50. The van der Waals surface area contributed by atoms with Crippen LogP contribution < -0.4 is 5.32 Å². The number of halogens is 1. The van der Waals surface area contributed by atoms with Crippen LogP contribution in [0.5, 0.6) is 0 Å². The summed E-state index contributed by atoms with van der Waals surface area (Å²) >= 11 is 5.93. The summed E-state index contributed by atoms with van der Waals surface area (Å²) in [7, 11) is 0. The van der Waals surface area contributed by atoms with Crippen molar-refractivity contribution in [2.75, 3.05) is 13.2 Å². The van der Waals surface area contributed by atoms with Gasteiger partial charge in [-0.15, -0.1) is 0 Å². The number of quaternary nitrogens is 1. The van der Waals surface area contributed by atoms with Gasteiger partial charge >= 0.3 is 0 Å². The number of aliphatic hydroxyl groups excluding tert-OH is 2. The summed E-state index contributed by atoms with van der Waals surface area (Å²) in [5.74, 6) is 0.130. The van der Waals surface area contributed by atoms with Gasteiger partial charge in [-0.05, 0) is 43.5 Å². The maximum atomic E-state index is 9.82. The molecule has 0 spiro atoms. The van der Waals surface area contributed by atoms with Gasteiger partial charge in [0.25, 0.3) is 0 Å². The second-order valence-corrected chi connectivity index (χ2v) is 7.37. The van der Waals surface area contributed by atoms with Crippen molar-refractivity contribution in [3.05, 3.63) is 64.7 Å². The second kappa shape index (κ2) is 10.0. The van der Waals surface area contributed by atoms with Gasteiger partial charge in [-0.2, -0.15) is 0 Å². The van der Waals surface area contributed by atoms with Crippen LogP contribution in [0.1, 0.15) is 30.4 Å². The Kier molecular flexibility index (Phi) is 7.42. The van der Waals surface area contributed by atoms with E-state index >= 15 is 0 Å². The Morgan fingerprint density at radius 2 is 1.79 bits per heavy atom. The van der Waals surface area contributed by atoms with Crippen molar-refractivity contribution in [3.63, 3.8) is 0 Å². The minimum Gasteiger partial charge on any atom is -0.477 e. The number of hydrogen-bond donors (Lipinski definition) is 4.